The van der Waals surface area contributed by atoms with Crippen LogP contribution in [-0.4, -0.2) is 6.54 Å². The largest absolute Gasteiger partial charge is 0.310 e. The fourth-order valence-corrected chi connectivity index (χ4v) is 2.49. The van der Waals surface area contributed by atoms with E-state index in [9.17, 15) is 0 Å². The lowest BCUT2D eigenvalue weighted by Gasteiger charge is -2.25. The first-order valence-electron chi connectivity index (χ1n) is 7.02. The zero-order chi connectivity index (χ0) is 14.5. The molecule has 1 unspecified atom stereocenters. The average molecular weight is 302 g/mol. The van der Waals surface area contributed by atoms with Gasteiger partial charge in [0.25, 0.3) is 0 Å². The Labute approximate surface area is 127 Å². The molecule has 0 amide bonds. The molecule has 1 aromatic carbocycles. The van der Waals surface area contributed by atoms with E-state index in [-0.39, 0.29) is 6.04 Å². The monoisotopic (exact) mass is 301 g/mol. The molecule has 0 saturated heterocycles. The topological polar surface area (TPSA) is 12.0 Å². The molecule has 19 heavy (non-hydrogen) atoms. The zero-order valence-corrected chi connectivity index (χ0v) is 13.9. The highest BCUT2D eigenvalue weighted by atomic mass is 35.5. The van der Waals surface area contributed by atoms with E-state index in [2.05, 4.69) is 39.1 Å². The predicted octanol–water partition coefficient (Wildman–Crippen LogP) is 5.86. The molecule has 0 fully saturated rings. The Hall–Kier alpha value is -0.240. The van der Waals surface area contributed by atoms with E-state index in [1.807, 2.05) is 12.1 Å². The summed E-state index contributed by atoms with van der Waals surface area (Å²) in [5.41, 5.74) is 1.45. The third kappa shape index (κ3) is 5.72. The highest BCUT2D eigenvalue weighted by Crippen LogP contribution is 2.34. The third-order valence-electron chi connectivity index (χ3n) is 3.18. The molecule has 1 nitrogen and oxygen atoms in total. The van der Waals surface area contributed by atoms with Crippen LogP contribution in [0, 0.1) is 5.41 Å². The van der Waals surface area contributed by atoms with E-state index in [4.69, 9.17) is 23.2 Å². The van der Waals surface area contributed by atoms with Crippen LogP contribution in [-0.2, 0) is 0 Å². The van der Waals surface area contributed by atoms with Gasteiger partial charge in [0.15, 0.2) is 0 Å². The molecular formula is C16H25Cl2N. The molecule has 1 atom stereocenters. The summed E-state index contributed by atoms with van der Waals surface area (Å²) in [6.07, 6.45) is 3.34. The Morgan fingerprint density at radius 3 is 2.47 bits per heavy atom. The average Bonchev–Trinajstić information content (AvgIpc) is 2.32. The molecule has 0 heterocycles. The second-order valence-electron chi connectivity index (χ2n) is 6.25. The van der Waals surface area contributed by atoms with Crippen LogP contribution in [0.25, 0.3) is 0 Å². The summed E-state index contributed by atoms with van der Waals surface area (Å²) < 4.78 is 0. The van der Waals surface area contributed by atoms with Crippen LogP contribution in [0.1, 0.15) is 58.6 Å². The molecule has 0 aromatic heterocycles. The third-order valence-corrected chi connectivity index (χ3v) is 4.01. The second-order valence-corrected chi connectivity index (χ2v) is 7.03. The lowest BCUT2D eigenvalue weighted by Crippen LogP contribution is -2.24. The van der Waals surface area contributed by atoms with Crippen LogP contribution in [0.5, 0.6) is 0 Å². The van der Waals surface area contributed by atoms with Gasteiger partial charge in [-0.25, -0.2) is 0 Å². The van der Waals surface area contributed by atoms with Crippen molar-refractivity contribution in [2.24, 2.45) is 5.41 Å². The highest BCUT2D eigenvalue weighted by molar-refractivity contribution is 6.42. The van der Waals surface area contributed by atoms with Crippen LogP contribution in [0.3, 0.4) is 0 Å². The van der Waals surface area contributed by atoms with Crippen LogP contribution in [0.15, 0.2) is 18.2 Å². The maximum absolute atomic E-state index is 6.34. The fraction of sp³-hybridized carbons (Fsp3) is 0.625. The van der Waals surface area contributed by atoms with Crippen molar-refractivity contribution in [2.75, 3.05) is 6.54 Å². The maximum Gasteiger partial charge on any atom is 0.0640 e. The molecule has 0 radical (unpaired) electrons. The maximum atomic E-state index is 6.34. The smallest absolute Gasteiger partial charge is 0.0640 e. The number of rotatable bonds is 6. The lowest BCUT2D eigenvalue weighted by molar-refractivity contribution is 0.332. The zero-order valence-electron chi connectivity index (χ0n) is 12.4. The normalized spacial score (nSPS) is 13.6. The van der Waals surface area contributed by atoms with E-state index in [0.717, 1.165) is 31.4 Å². The van der Waals surface area contributed by atoms with E-state index in [0.29, 0.717) is 15.5 Å². The van der Waals surface area contributed by atoms with Crippen molar-refractivity contribution in [2.45, 2.75) is 53.0 Å². The van der Waals surface area contributed by atoms with Crippen molar-refractivity contribution < 1.29 is 0 Å². The van der Waals surface area contributed by atoms with Gasteiger partial charge in [-0.2, -0.15) is 0 Å². The molecule has 0 aliphatic heterocycles. The molecule has 0 aliphatic carbocycles. The van der Waals surface area contributed by atoms with Gasteiger partial charge in [-0.1, -0.05) is 63.0 Å². The van der Waals surface area contributed by atoms with E-state index in [1.54, 1.807) is 0 Å². The molecule has 0 aliphatic rings. The Morgan fingerprint density at radius 1 is 1.21 bits per heavy atom. The first-order valence-corrected chi connectivity index (χ1v) is 7.78. The summed E-state index contributed by atoms with van der Waals surface area (Å²) in [5, 5.41) is 4.91. The number of hydrogen-bond donors (Lipinski definition) is 1. The summed E-state index contributed by atoms with van der Waals surface area (Å²) in [4.78, 5) is 0. The molecule has 1 N–H and O–H groups in total. The van der Waals surface area contributed by atoms with Gasteiger partial charge in [-0.05, 0) is 42.9 Å². The number of hydrogen-bond acceptors (Lipinski definition) is 1. The summed E-state index contributed by atoms with van der Waals surface area (Å²) in [5.74, 6) is 0. The van der Waals surface area contributed by atoms with Crippen molar-refractivity contribution in [3.63, 3.8) is 0 Å². The standard InChI is InChI=1S/C16H25Cl2N/c1-5-11-19-14(9-10-16(2,3)4)12-7-6-8-13(17)15(12)18/h6-8,14,19H,5,9-11H2,1-4H3. The van der Waals surface area contributed by atoms with Crippen molar-refractivity contribution in [1.82, 2.24) is 5.32 Å². The molecule has 1 rings (SSSR count). The van der Waals surface area contributed by atoms with Gasteiger partial charge in [-0.15, -0.1) is 0 Å². The highest BCUT2D eigenvalue weighted by Gasteiger charge is 2.19. The van der Waals surface area contributed by atoms with Gasteiger partial charge >= 0.3 is 0 Å². The summed E-state index contributed by atoms with van der Waals surface area (Å²) in [6, 6.07) is 6.17. The predicted molar refractivity (Wildman–Crippen MR) is 86.2 cm³/mol. The first-order chi connectivity index (χ1) is 8.85. The van der Waals surface area contributed by atoms with Crippen molar-refractivity contribution >= 4 is 23.2 Å². The molecule has 108 valence electrons. The van der Waals surface area contributed by atoms with E-state index in [1.165, 1.54) is 0 Å². The van der Waals surface area contributed by atoms with Gasteiger partial charge in [0.1, 0.15) is 0 Å². The minimum absolute atomic E-state index is 0.283. The Bertz CT molecular complexity index is 396. The van der Waals surface area contributed by atoms with Crippen LogP contribution < -0.4 is 5.32 Å². The van der Waals surface area contributed by atoms with Gasteiger partial charge in [0.05, 0.1) is 10.0 Å². The minimum atomic E-state index is 0.283. The lowest BCUT2D eigenvalue weighted by atomic mass is 9.87. The van der Waals surface area contributed by atoms with Gasteiger partial charge in [0, 0.05) is 6.04 Å². The number of nitrogens with one attached hydrogen (secondary N) is 1. The minimum Gasteiger partial charge on any atom is -0.310 e. The summed E-state index contributed by atoms with van der Waals surface area (Å²) in [6.45, 7) is 9.97. The van der Waals surface area contributed by atoms with E-state index < -0.39 is 0 Å². The number of benzene rings is 1. The fourth-order valence-electron chi connectivity index (χ4n) is 2.05. The molecule has 3 heteroatoms. The van der Waals surface area contributed by atoms with E-state index >= 15 is 0 Å². The summed E-state index contributed by atoms with van der Waals surface area (Å²) >= 11 is 12.5. The molecular weight excluding hydrogens is 277 g/mol. The van der Waals surface area contributed by atoms with Crippen molar-refractivity contribution in [3.05, 3.63) is 33.8 Å². The van der Waals surface area contributed by atoms with Crippen LogP contribution >= 0.6 is 23.2 Å². The molecule has 0 bridgehead atoms. The van der Waals surface area contributed by atoms with Gasteiger partial charge in [-0.3, -0.25) is 0 Å². The Morgan fingerprint density at radius 2 is 1.89 bits per heavy atom. The molecule has 1 aromatic rings. The first kappa shape index (κ1) is 16.8. The SMILES string of the molecule is CCCNC(CCC(C)(C)C)c1cccc(Cl)c1Cl. The molecule has 0 saturated carbocycles. The van der Waals surface area contributed by atoms with Crippen molar-refractivity contribution in [1.29, 1.82) is 0 Å². The molecule has 0 spiro atoms. The number of halogens is 2. The van der Waals surface area contributed by atoms with Crippen LogP contribution in [0.2, 0.25) is 10.0 Å². The van der Waals surface area contributed by atoms with Crippen LogP contribution in [0.4, 0.5) is 0 Å². The second kappa shape index (κ2) is 7.52. The van der Waals surface area contributed by atoms with Crippen molar-refractivity contribution in [3.8, 4) is 0 Å². The van der Waals surface area contributed by atoms with Gasteiger partial charge < -0.3 is 5.32 Å². The Balaban J connectivity index is 2.86. The summed E-state index contributed by atoms with van der Waals surface area (Å²) in [7, 11) is 0. The van der Waals surface area contributed by atoms with Gasteiger partial charge in [0.2, 0.25) is 0 Å². The Kier molecular flexibility index (Phi) is 6.65. The quantitative estimate of drug-likeness (QED) is 0.694.